The molecule has 0 unspecified atom stereocenters. The summed E-state index contributed by atoms with van der Waals surface area (Å²) in [5, 5.41) is 0. The van der Waals surface area contributed by atoms with E-state index in [-0.39, 0.29) is 23.5 Å². The zero-order valence-electron chi connectivity index (χ0n) is 16.9. The third kappa shape index (κ3) is 5.59. The summed E-state index contributed by atoms with van der Waals surface area (Å²) in [5.74, 6) is 0.543. The highest BCUT2D eigenvalue weighted by atomic mass is 19.1. The van der Waals surface area contributed by atoms with Crippen LogP contribution in [0.1, 0.15) is 44.2 Å². The smallest absolute Gasteiger partial charge is 0.410 e. The number of rotatable bonds is 5. The third-order valence-electron chi connectivity index (χ3n) is 4.70. The van der Waals surface area contributed by atoms with Crippen molar-refractivity contribution in [2.24, 2.45) is 5.92 Å². The van der Waals surface area contributed by atoms with Crippen molar-refractivity contribution in [3.05, 3.63) is 41.9 Å². The number of hydrogen-bond acceptors (Lipinski definition) is 5. The summed E-state index contributed by atoms with van der Waals surface area (Å²) in [6, 6.07) is 7.74. The molecule has 29 heavy (non-hydrogen) atoms. The molecule has 156 valence electrons. The molecule has 1 aromatic heterocycles. The summed E-state index contributed by atoms with van der Waals surface area (Å²) in [4.78, 5) is 24.5. The van der Waals surface area contributed by atoms with Gasteiger partial charge in [-0.05, 0) is 69.9 Å². The first-order chi connectivity index (χ1) is 13.7. The maximum atomic E-state index is 14.4. The second-order valence-electron chi connectivity index (χ2n) is 8.19. The number of amides is 1. The summed E-state index contributed by atoms with van der Waals surface area (Å²) in [6.45, 7) is 7.12. The first kappa shape index (κ1) is 20.9. The zero-order chi connectivity index (χ0) is 21.0. The van der Waals surface area contributed by atoms with Crippen molar-refractivity contribution in [1.82, 2.24) is 4.90 Å². The lowest BCUT2D eigenvalue weighted by Crippen LogP contribution is -2.42. The quantitative estimate of drug-likeness (QED) is 0.663. The Morgan fingerprint density at radius 3 is 2.55 bits per heavy atom. The molecule has 2 heterocycles. The predicted molar refractivity (Wildman–Crippen MR) is 106 cm³/mol. The van der Waals surface area contributed by atoms with Gasteiger partial charge in [0.1, 0.15) is 11.4 Å². The van der Waals surface area contributed by atoms with Gasteiger partial charge < -0.3 is 18.8 Å². The molecule has 0 aliphatic carbocycles. The van der Waals surface area contributed by atoms with Gasteiger partial charge >= 0.3 is 6.09 Å². The Kier molecular flexibility index (Phi) is 6.25. The van der Waals surface area contributed by atoms with Crippen LogP contribution in [-0.2, 0) is 4.74 Å². The van der Waals surface area contributed by atoms with Crippen molar-refractivity contribution in [2.45, 2.75) is 39.2 Å². The van der Waals surface area contributed by atoms with Crippen molar-refractivity contribution in [2.75, 3.05) is 19.7 Å². The van der Waals surface area contributed by atoms with Crippen molar-refractivity contribution < 1.29 is 27.9 Å². The number of benzene rings is 1. The van der Waals surface area contributed by atoms with Crippen LogP contribution in [0.2, 0.25) is 0 Å². The molecule has 0 atom stereocenters. The monoisotopic (exact) mass is 403 g/mol. The number of carbonyl (C=O) groups is 2. The Morgan fingerprint density at radius 1 is 1.24 bits per heavy atom. The second kappa shape index (κ2) is 8.68. The molecule has 0 radical (unpaired) electrons. The summed E-state index contributed by atoms with van der Waals surface area (Å²) < 4.78 is 30.8. The van der Waals surface area contributed by atoms with Gasteiger partial charge in [-0.1, -0.05) is 0 Å². The van der Waals surface area contributed by atoms with E-state index in [0.29, 0.717) is 37.3 Å². The van der Waals surface area contributed by atoms with E-state index < -0.39 is 11.4 Å². The Hall–Kier alpha value is -2.83. The van der Waals surface area contributed by atoms with Crippen molar-refractivity contribution in [3.63, 3.8) is 0 Å². The van der Waals surface area contributed by atoms with E-state index in [4.69, 9.17) is 13.9 Å². The average molecular weight is 403 g/mol. The SMILES string of the molecule is CC(C)(C)OC(=O)N1CCC(COc2ccc(-c3ccc(C=O)o3)cc2F)CC1. The van der Waals surface area contributed by atoms with Gasteiger partial charge in [-0.2, -0.15) is 0 Å². The van der Waals surface area contributed by atoms with Crippen LogP contribution in [0.3, 0.4) is 0 Å². The largest absolute Gasteiger partial charge is 0.490 e. The molecule has 0 N–H and O–H groups in total. The molecule has 1 aliphatic rings. The lowest BCUT2D eigenvalue weighted by atomic mass is 9.98. The van der Waals surface area contributed by atoms with E-state index in [1.165, 1.54) is 12.1 Å². The van der Waals surface area contributed by atoms with Crippen molar-refractivity contribution in [1.29, 1.82) is 0 Å². The highest BCUT2D eigenvalue weighted by Gasteiger charge is 2.27. The number of furan rings is 1. The van der Waals surface area contributed by atoms with Crippen LogP contribution in [-0.4, -0.2) is 42.6 Å². The molecule has 0 spiro atoms. The van der Waals surface area contributed by atoms with Crippen LogP contribution in [0.5, 0.6) is 5.75 Å². The number of likely N-dealkylation sites (tertiary alicyclic amines) is 1. The van der Waals surface area contributed by atoms with Crippen LogP contribution in [0.15, 0.2) is 34.7 Å². The highest BCUT2D eigenvalue weighted by molar-refractivity contribution is 5.73. The molecular formula is C22H26FNO5. The normalized spacial score (nSPS) is 15.2. The molecular weight excluding hydrogens is 377 g/mol. The van der Waals surface area contributed by atoms with Gasteiger partial charge in [0.05, 0.1) is 6.61 Å². The number of carbonyl (C=O) groups excluding carboxylic acids is 2. The first-order valence-electron chi connectivity index (χ1n) is 9.71. The van der Waals surface area contributed by atoms with Crippen LogP contribution >= 0.6 is 0 Å². The number of hydrogen-bond donors (Lipinski definition) is 0. The molecule has 1 fully saturated rings. The second-order valence-corrected chi connectivity index (χ2v) is 8.19. The van der Waals surface area contributed by atoms with Crippen molar-refractivity contribution >= 4 is 12.4 Å². The summed E-state index contributed by atoms with van der Waals surface area (Å²) in [7, 11) is 0. The van der Waals surface area contributed by atoms with Crippen LogP contribution in [0.25, 0.3) is 11.3 Å². The highest BCUT2D eigenvalue weighted by Crippen LogP contribution is 2.28. The van der Waals surface area contributed by atoms with Gasteiger partial charge in [0.25, 0.3) is 0 Å². The minimum Gasteiger partial charge on any atom is -0.490 e. The first-order valence-corrected chi connectivity index (χ1v) is 9.71. The number of nitrogens with zero attached hydrogens (tertiary/aromatic N) is 1. The molecule has 7 heteroatoms. The standard InChI is InChI=1S/C22H26FNO5/c1-22(2,3)29-21(26)24-10-8-15(9-11-24)14-27-20-6-4-16(12-18(20)23)19-7-5-17(13-25)28-19/h4-7,12-13,15H,8-11,14H2,1-3H3. The van der Waals surface area contributed by atoms with E-state index >= 15 is 0 Å². The maximum absolute atomic E-state index is 14.4. The third-order valence-corrected chi connectivity index (χ3v) is 4.70. The van der Waals surface area contributed by atoms with Gasteiger partial charge in [0, 0.05) is 18.7 Å². The average Bonchev–Trinajstić information content (AvgIpc) is 3.15. The fraction of sp³-hybridized carbons (Fsp3) is 0.455. The summed E-state index contributed by atoms with van der Waals surface area (Å²) in [5.41, 5.74) is 0.0270. The lowest BCUT2D eigenvalue weighted by molar-refractivity contribution is 0.0164. The van der Waals surface area contributed by atoms with Crippen LogP contribution in [0.4, 0.5) is 9.18 Å². The van der Waals surface area contributed by atoms with E-state index in [1.807, 2.05) is 20.8 Å². The number of piperidine rings is 1. The van der Waals surface area contributed by atoms with E-state index in [2.05, 4.69) is 0 Å². The molecule has 1 saturated heterocycles. The van der Waals surface area contributed by atoms with Gasteiger partial charge in [-0.15, -0.1) is 0 Å². The van der Waals surface area contributed by atoms with Gasteiger partial charge in [-0.25, -0.2) is 9.18 Å². The van der Waals surface area contributed by atoms with E-state index in [0.717, 1.165) is 12.8 Å². The molecule has 3 rings (SSSR count). The zero-order valence-corrected chi connectivity index (χ0v) is 16.9. The van der Waals surface area contributed by atoms with Crippen LogP contribution < -0.4 is 4.74 Å². The minimum atomic E-state index is -0.509. The minimum absolute atomic E-state index is 0.172. The number of halogens is 1. The number of aldehydes is 1. The fourth-order valence-corrected chi connectivity index (χ4v) is 3.16. The topological polar surface area (TPSA) is 69.0 Å². The number of ether oxygens (including phenoxy) is 2. The molecule has 1 aliphatic heterocycles. The Labute approximate surface area is 169 Å². The van der Waals surface area contributed by atoms with Crippen molar-refractivity contribution in [3.8, 4) is 17.1 Å². The molecule has 2 aromatic rings. The van der Waals surface area contributed by atoms with E-state index in [9.17, 15) is 14.0 Å². The molecule has 1 amide bonds. The molecule has 6 nitrogen and oxygen atoms in total. The van der Waals surface area contributed by atoms with E-state index in [1.54, 1.807) is 23.1 Å². The van der Waals surface area contributed by atoms with Gasteiger partial charge in [-0.3, -0.25) is 4.79 Å². The lowest BCUT2D eigenvalue weighted by Gasteiger charge is -2.33. The van der Waals surface area contributed by atoms with Gasteiger partial charge in [0.15, 0.2) is 23.6 Å². The summed E-state index contributed by atoms with van der Waals surface area (Å²) in [6.07, 6.45) is 1.86. The molecule has 0 saturated carbocycles. The Morgan fingerprint density at radius 2 is 1.97 bits per heavy atom. The van der Waals surface area contributed by atoms with Gasteiger partial charge in [0.2, 0.25) is 0 Å². The maximum Gasteiger partial charge on any atom is 0.410 e. The summed E-state index contributed by atoms with van der Waals surface area (Å²) >= 11 is 0. The molecule has 0 bridgehead atoms. The Balaban J connectivity index is 1.51. The fourth-order valence-electron chi connectivity index (χ4n) is 3.16. The predicted octanol–water partition coefficient (Wildman–Crippen LogP) is 4.92. The van der Waals surface area contributed by atoms with Crippen LogP contribution in [0, 0.1) is 11.7 Å². The Bertz CT molecular complexity index is 862. The molecule has 1 aromatic carbocycles.